The number of hydrogen-bond acceptors (Lipinski definition) is 1. The first-order valence-electron chi connectivity index (χ1n) is 6.20. The summed E-state index contributed by atoms with van der Waals surface area (Å²) in [6.07, 6.45) is 8.09. The third-order valence-electron chi connectivity index (χ3n) is 4.58. The number of carbonyl (C=O) groups is 1. The zero-order chi connectivity index (χ0) is 11.1. The molecule has 0 N–H and O–H groups in total. The molecule has 3 rings (SSSR count). The highest BCUT2D eigenvalue weighted by molar-refractivity contribution is 5.75. The number of hydrogen-bond donors (Lipinski definition) is 0. The maximum Gasteiger partial charge on any atom is 0.129 e. The second kappa shape index (κ2) is 3.77. The van der Waals surface area contributed by atoms with Crippen LogP contribution in [0.4, 0.5) is 0 Å². The number of fused-ring (bicyclic) bond motifs is 1. The van der Waals surface area contributed by atoms with E-state index in [-0.39, 0.29) is 0 Å². The Morgan fingerprint density at radius 3 is 2.80 bits per heavy atom. The molecule has 0 aliphatic heterocycles. The maximum atomic E-state index is 10.9. The molecule has 0 radical (unpaired) electrons. The van der Waals surface area contributed by atoms with Crippen LogP contribution in [-0.2, 0) is 4.79 Å². The van der Waals surface area contributed by atoms with E-state index < -0.39 is 0 Å². The summed E-state index contributed by atoms with van der Waals surface area (Å²) in [6.45, 7) is 6.51. The largest absolute Gasteiger partial charge is 0.300 e. The Balaban J connectivity index is 1.88. The van der Waals surface area contributed by atoms with Gasteiger partial charge in [-0.05, 0) is 49.9 Å². The molecule has 0 aromatic carbocycles. The molecule has 1 saturated carbocycles. The van der Waals surface area contributed by atoms with Crippen LogP contribution in [0.2, 0.25) is 0 Å². The van der Waals surface area contributed by atoms with Crippen LogP contribution in [0.15, 0.2) is 11.6 Å². The fourth-order valence-electron chi connectivity index (χ4n) is 3.30. The van der Waals surface area contributed by atoms with Gasteiger partial charge in [0.25, 0.3) is 0 Å². The topological polar surface area (TPSA) is 17.1 Å². The predicted molar refractivity (Wildman–Crippen MR) is 62.6 cm³/mol. The zero-order valence-corrected chi connectivity index (χ0v) is 10.2. The second-order valence-electron chi connectivity index (χ2n) is 5.88. The summed E-state index contributed by atoms with van der Waals surface area (Å²) in [5, 5.41) is 0. The summed E-state index contributed by atoms with van der Waals surface area (Å²) in [4.78, 5) is 10.9. The molecule has 0 heterocycles. The van der Waals surface area contributed by atoms with E-state index in [1.807, 2.05) is 0 Å². The van der Waals surface area contributed by atoms with E-state index in [9.17, 15) is 4.79 Å². The van der Waals surface area contributed by atoms with Crippen molar-refractivity contribution in [3.05, 3.63) is 11.6 Å². The molecular formula is C14H22O. The zero-order valence-electron chi connectivity index (χ0n) is 10.2. The number of rotatable bonds is 4. The van der Waals surface area contributed by atoms with E-state index in [2.05, 4.69) is 19.9 Å². The fourth-order valence-corrected chi connectivity index (χ4v) is 3.30. The molecule has 0 saturated heterocycles. The van der Waals surface area contributed by atoms with Gasteiger partial charge in [-0.15, -0.1) is 0 Å². The van der Waals surface area contributed by atoms with E-state index in [0.29, 0.717) is 11.2 Å². The van der Waals surface area contributed by atoms with Gasteiger partial charge in [0.05, 0.1) is 0 Å². The molecular weight excluding hydrogens is 184 g/mol. The highest BCUT2D eigenvalue weighted by atomic mass is 16.1. The van der Waals surface area contributed by atoms with Crippen molar-refractivity contribution >= 4 is 5.78 Å². The van der Waals surface area contributed by atoms with E-state index in [4.69, 9.17) is 0 Å². The van der Waals surface area contributed by atoms with Crippen molar-refractivity contribution < 1.29 is 4.79 Å². The molecule has 2 bridgehead atoms. The van der Waals surface area contributed by atoms with Gasteiger partial charge in [0, 0.05) is 6.42 Å². The van der Waals surface area contributed by atoms with Gasteiger partial charge in [-0.1, -0.05) is 25.5 Å². The molecule has 0 aromatic rings. The number of ketones is 1. The molecule has 2 atom stereocenters. The number of carbonyl (C=O) groups excluding carboxylic acids is 1. The monoisotopic (exact) mass is 206 g/mol. The molecule has 84 valence electrons. The maximum absolute atomic E-state index is 10.9. The van der Waals surface area contributed by atoms with Gasteiger partial charge in [0.1, 0.15) is 5.78 Å². The Morgan fingerprint density at radius 2 is 2.27 bits per heavy atom. The average Bonchev–Trinajstić information content (AvgIpc) is 2.17. The molecule has 1 nitrogen and oxygen atoms in total. The third kappa shape index (κ3) is 1.89. The number of allylic oxidation sites excluding steroid dienone is 2. The van der Waals surface area contributed by atoms with Crippen molar-refractivity contribution in [3.63, 3.8) is 0 Å². The average molecular weight is 206 g/mol. The van der Waals surface area contributed by atoms with Crippen LogP contribution in [0.3, 0.4) is 0 Å². The van der Waals surface area contributed by atoms with Crippen LogP contribution >= 0.6 is 0 Å². The molecule has 15 heavy (non-hydrogen) atoms. The van der Waals surface area contributed by atoms with Crippen LogP contribution in [0, 0.1) is 17.3 Å². The van der Waals surface area contributed by atoms with E-state index in [1.165, 1.54) is 12.8 Å². The molecule has 1 fully saturated rings. The minimum absolute atomic E-state index is 0.331. The van der Waals surface area contributed by atoms with Gasteiger partial charge in [0.2, 0.25) is 0 Å². The molecule has 1 heteroatoms. The van der Waals surface area contributed by atoms with E-state index >= 15 is 0 Å². The Bertz CT molecular complexity index is 298. The van der Waals surface area contributed by atoms with E-state index in [0.717, 1.165) is 31.1 Å². The normalized spacial score (nSPS) is 31.8. The molecule has 0 amide bonds. The number of Topliss-reactive ketones (excluding diaryl/α,β-unsaturated/α-hetero) is 1. The Kier molecular flexibility index (Phi) is 2.74. The van der Waals surface area contributed by atoms with Crippen molar-refractivity contribution in [2.75, 3.05) is 0 Å². The van der Waals surface area contributed by atoms with E-state index in [1.54, 1.807) is 12.5 Å². The van der Waals surface area contributed by atoms with Crippen LogP contribution in [0.25, 0.3) is 0 Å². The summed E-state index contributed by atoms with van der Waals surface area (Å²) < 4.78 is 0. The fraction of sp³-hybridized carbons (Fsp3) is 0.786. The van der Waals surface area contributed by atoms with Crippen LogP contribution < -0.4 is 0 Å². The molecule has 3 aliphatic rings. The van der Waals surface area contributed by atoms with Crippen molar-refractivity contribution in [1.29, 1.82) is 0 Å². The van der Waals surface area contributed by atoms with Crippen molar-refractivity contribution in [2.45, 2.75) is 52.9 Å². The van der Waals surface area contributed by atoms with Crippen molar-refractivity contribution in [2.24, 2.45) is 17.3 Å². The lowest BCUT2D eigenvalue weighted by atomic mass is 9.48. The SMILES string of the molecule is CC(=O)CCCC1=CCC2CC1C2(C)C. The first kappa shape index (κ1) is 10.9. The first-order chi connectivity index (χ1) is 7.01. The standard InChI is InChI=1S/C14H22O/c1-10(15)5-4-6-11-7-8-12-9-13(11)14(12,2)3/h7,12-13H,4-6,8-9H2,1-3H3. The Morgan fingerprint density at radius 1 is 1.53 bits per heavy atom. The van der Waals surface area contributed by atoms with Crippen molar-refractivity contribution in [3.8, 4) is 0 Å². The molecule has 2 unspecified atom stereocenters. The highest BCUT2D eigenvalue weighted by Crippen LogP contribution is 2.59. The molecule has 0 spiro atoms. The summed E-state index contributed by atoms with van der Waals surface area (Å²) >= 11 is 0. The summed E-state index contributed by atoms with van der Waals surface area (Å²) in [7, 11) is 0. The first-order valence-corrected chi connectivity index (χ1v) is 6.20. The second-order valence-corrected chi connectivity index (χ2v) is 5.88. The summed E-state index contributed by atoms with van der Waals surface area (Å²) in [5.41, 5.74) is 2.18. The lowest BCUT2D eigenvalue weighted by Crippen LogP contribution is -2.47. The van der Waals surface area contributed by atoms with Gasteiger partial charge in [-0.2, -0.15) is 0 Å². The van der Waals surface area contributed by atoms with Crippen LogP contribution in [-0.4, -0.2) is 5.78 Å². The highest BCUT2D eigenvalue weighted by Gasteiger charge is 2.50. The third-order valence-corrected chi connectivity index (χ3v) is 4.58. The van der Waals surface area contributed by atoms with Crippen LogP contribution in [0.1, 0.15) is 52.9 Å². The van der Waals surface area contributed by atoms with Crippen molar-refractivity contribution in [1.82, 2.24) is 0 Å². The Labute approximate surface area is 92.9 Å². The minimum Gasteiger partial charge on any atom is -0.300 e. The van der Waals surface area contributed by atoms with Crippen LogP contribution in [0.5, 0.6) is 0 Å². The molecule has 3 aliphatic carbocycles. The van der Waals surface area contributed by atoms with Gasteiger partial charge in [-0.25, -0.2) is 0 Å². The minimum atomic E-state index is 0.331. The summed E-state index contributed by atoms with van der Waals surface area (Å²) in [6, 6.07) is 0. The lowest BCUT2D eigenvalue weighted by Gasteiger charge is -2.56. The predicted octanol–water partition coefficient (Wildman–Crippen LogP) is 3.74. The lowest BCUT2D eigenvalue weighted by molar-refractivity contribution is -0.117. The van der Waals surface area contributed by atoms with Gasteiger partial charge < -0.3 is 4.79 Å². The molecule has 0 aromatic heterocycles. The van der Waals surface area contributed by atoms with Gasteiger partial charge in [-0.3, -0.25) is 0 Å². The Hall–Kier alpha value is -0.590. The van der Waals surface area contributed by atoms with Gasteiger partial charge in [0.15, 0.2) is 0 Å². The quantitative estimate of drug-likeness (QED) is 0.640. The summed E-state index contributed by atoms with van der Waals surface area (Å²) in [5.74, 6) is 2.08. The smallest absolute Gasteiger partial charge is 0.129 e. The van der Waals surface area contributed by atoms with Gasteiger partial charge >= 0.3 is 0 Å².